The molecule has 0 fully saturated rings. The molecule has 0 atom stereocenters. The van der Waals surface area contributed by atoms with Crippen molar-refractivity contribution in [2.75, 3.05) is 4.90 Å². The number of carbonyl (C=O) groups excluding carboxylic acids is 1. The van der Waals surface area contributed by atoms with Gasteiger partial charge in [0, 0.05) is 16.7 Å². The van der Waals surface area contributed by atoms with Gasteiger partial charge >= 0.3 is 0 Å². The predicted molar refractivity (Wildman–Crippen MR) is 98.6 cm³/mol. The number of carbonyl (C=O) groups is 1. The third-order valence-electron chi connectivity index (χ3n) is 3.80. The Morgan fingerprint density at radius 2 is 1.72 bits per heavy atom. The van der Waals surface area contributed by atoms with E-state index >= 15 is 0 Å². The minimum atomic E-state index is -0.211. The molecule has 0 bridgehead atoms. The molecule has 4 rings (SSSR count). The van der Waals surface area contributed by atoms with Gasteiger partial charge in [-0.15, -0.1) is 0 Å². The molecule has 2 heterocycles. The lowest BCUT2D eigenvalue weighted by molar-refractivity contribution is -0.113. The smallest absolute Gasteiger partial charge is 0.282 e. The number of hydrogen-bond acceptors (Lipinski definition) is 3. The second-order valence-corrected chi connectivity index (χ2v) is 5.90. The van der Waals surface area contributed by atoms with Gasteiger partial charge in [-0.05, 0) is 36.4 Å². The Balaban J connectivity index is 1.82. The highest BCUT2D eigenvalue weighted by molar-refractivity contribution is 6.33. The van der Waals surface area contributed by atoms with E-state index in [2.05, 4.69) is 4.99 Å². The van der Waals surface area contributed by atoms with Crippen LogP contribution in [0.1, 0.15) is 11.3 Å². The largest absolute Gasteiger partial charge is 0.465 e. The number of amides is 1. The number of furan rings is 1. The Morgan fingerprint density at radius 1 is 0.960 bits per heavy atom. The van der Waals surface area contributed by atoms with Gasteiger partial charge in [0.15, 0.2) is 0 Å². The van der Waals surface area contributed by atoms with Crippen LogP contribution in [0.3, 0.4) is 0 Å². The van der Waals surface area contributed by atoms with Gasteiger partial charge in [-0.25, -0.2) is 4.99 Å². The lowest BCUT2D eigenvalue weighted by Crippen LogP contribution is -2.32. The first-order valence-electron chi connectivity index (χ1n) is 7.72. The van der Waals surface area contributed by atoms with Crippen LogP contribution in [0.5, 0.6) is 0 Å². The highest BCUT2D eigenvalue weighted by Gasteiger charge is 2.32. The molecule has 122 valence electrons. The molecule has 0 N–H and O–H groups in total. The molecule has 25 heavy (non-hydrogen) atoms. The molecule has 3 aromatic rings. The summed E-state index contributed by atoms with van der Waals surface area (Å²) in [4.78, 5) is 19.1. The predicted octanol–water partition coefficient (Wildman–Crippen LogP) is 4.77. The Kier molecular flexibility index (Phi) is 3.96. The van der Waals surface area contributed by atoms with Gasteiger partial charge in [-0.3, -0.25) is 9.69 Å². The van der Waals surface area contributed by atoms with Crippen LogP contribution in [0.25, 0.3) is 6.08 Å². The molecule has 0 aliphatic carbocycles. The number of amidine groups is 1. The SMILES string of the molecule is O=C1/C(=C\c2ccco2)N=C(c2ccccc2)N1c1ccc(Cl)cc1. The maximum atomic E-state index is 13.0. The molecule has 4 nitrogen and oxygen atoms in total. The van der Waals surface area contributed by atoms with E-state index in [1.807, 2.05) is 30.3 Å². The quantitative estimate of drug-likeness (QED) is 0.640. The second kappa shape index (κ2) is 6.42. The van der Waals surface area contributed by atoms with Crippen molar-refractivity contribution >= 4 is 35.1 Å². The average molecular weight is 349 g/mol. The summed E-state index contributed by atoms with van der Waals surface area (Å²) in [7, 11) is 0. The zero-order valence-electron chi connectivity index (χ0n) is 13.1. The molecule has 0 unspecified atom stereocenters. The minimum absolute atomic E-state index is 0.211. The van der Waals surface area contributed by atoms with Crippen molar-refractivity contribution in [2.24, 2.45) is 4.99 Å². The number of rotatable bonds is 3. The maximum Gasteiger partial charge on any atom is 0.282 e. The zero-order valence-corrected chi connectivity index (χ0v) is 13.9. The summed E-state index contributed by atoms with van der Waals surface area (Å²) < 4.78 is 5.31. The Bertz CT molecular complexity index is 959. The molecule has 0 spiro atoms. The molecule has 0 saturated heterocycles. The summed E-state index contributed by atoms with van der Waals surface area (Å²) in [6.07, 6.45) is 3.20. The summed E-state index contributed by atoms with van der Waals surface area (Å²) in [5.74, 6) is 0.945. The van der Waals surface area contributed by atoms with Crippen LogP contribution in [0.2, 0.25) is 5.02 Å². The zero-order chi connectivity index (χ0) is 17.2. The molecule has 1 amide bonds. The number of halogens is 1. The molecule has 2 aromatic carbocycles. The van der Waals surface area contributed by atoms with Crippen molar-refractivity contribution in [1.82, 2.24) is 0 Å². The van der Waals surface area contributed by atoms with Gasteiger partial charge < -0.3 is 4.42 Å². The first kappa shape index (κ1) is 15.4. The van der Waals surface area contributed by atoms with E-state index in [4.69, 9.17) is 16.0 Å². The number of hydrogen-bond donors (Lipinski definition) is 0. The van der Waals surface area contributed by atoms with Crippen LogP contribution >= 0.6 is 11.6 Å². The van der Waals surface area contributed by atoms with E-state index < -0.39 is 0 Å². The van der Waals surface area contributed by atoms with Crippen molar-refractivity contribution in [3.63, 3.8) is 0 Å². The number of benzene rings is 2. The fraction of sp³-hybridized carbons (Fsp3) is 0. The Hall–Kier alpha value is -3.11. The second-order valence-electron chi connectivity index (χ2n) is 5.46. The van der Waals surface area contributed by atoms with Gasteiger partial charge in [0.05, 0.1) is 12.0 Å². The molecule has 0 saturated carbocycles. The van der Waals surface area contributed by atoms with Crippen LogP contribution < -0.4 is 4.90 Å². The molecular formula is C20H13ClN2O2. The Morgan fingerprint density at radius 3 is 2.40 bits per heavy atom. The summed E-state index contributed by atoms with van der Waals surface area (Å²) in [5.41, 5.74) is 1.89. The molecule has 0 radical (unpaired) electrons. The fourth-order valence-corrected chi connectivity index (χ4v) is 2.76. The van der Waals surface area contributed by atoms with Crippen molar-refractivity contribution in [3.05, 3.63) is 95.0 Å². The van der Waals surface area contributed by atoms with E-state index in [1.165, 1.54) is 0 Å². The normalized spacial score (nSPS) is 15.7. The van der Waals surface area contributed by atoms with Crippen LogP contribution in [0.15, 0.2) is 88.1 Å². The van der Waals surface area contributed by atoms with E-state index in [0.29, 0.717) is 28.0 Å². The lowest BCUT2D eigenvalue weighted by Gasteiger charge is -2.18. The van der Waals surface area contributed by atoms with Gasteiger partial charge in [-0.2, -0.15) is 0 Å². The standard InChI is InChI=1S/C20H13ClN2O2/c21-15-8-10-16(11-9-15)23-19(14-5-2-1-3-6-14)22-18(20(23)24)13-17-7-4-12-25-17/h1-13H/b18-13+. The van der Waals surface area contributed by atoms with Crippen LogP contribution in [0.4, 0.5) is 5.69 Å². The first-order valence-corrected chi connectivity index (χ1v) is 8.09. The van der Waals surface area contributed by atoms with Crippen molar-refractivity contribution in [3.8, 4) is 0 Å². The summed E-state index contributed by atoms with van der Waals surface area (Å²) in [6.45, 7) is 0. The summed E-state index contributed by atoms with van der Waals surface area (Å²) >= 11 is 5.97. The molecule has 1 aromatic heterocycles. The molecule has 1 aliphatic rings. The van der Waals surface area contributed by atoms with Crippen molar-refractivity contribution < 1.29 is 9.21 Å². The minimum Gasteiger partial charge on any atom is -0.465 e. The highest BCUT2D eigenvalue weighted by atomic mass is 35.5. The summed E-state index contributed by atoms with van der Waals surface area (Å²) in [5, 5.41) is 0.611. The lowest BCUT2D eigenvalue weighted by atomic mass is 10.2. The van der Waals surface area contributed by atoms with Crippen LogP contribution in [-0.4, -0.2) is 11.7 Å². The first-order chi connectivity index (χ1) is 12.2. The topological polar surface area (TPSA) is 45.8 Å². The van der Waals surface area contributed by atoms with Crippen LogP contribution in [0, 0.1) is 0 Å². The molecule has 5 heteroatoms. The van der Waals surface area contributed by atoms with Gasteiger partial charge in [0.2, 0.25) is 0 Å². The Labute approximate surface area is 149 Å². The average Bonchev–Trinajstić information content (AvgIpc) is 3.26. The maximum absolute atomic E-state index is 13.0. The monoisotopic (exact) mass is 348 g/mol. The molecule has 1 aliphatic heterocycles. The van der Waals surface area contributed by atoms with E-state index in [0.717, 1.165) is 5.56 Å². The van der Waals surface area contributed by atoms with Gasteiger partial charge in [0.25, 0.3) is 5.91 Å². The fourth-order valence-electron chi connectivity index (χ4n) is 2.64. The third kappa shape index (κ3) is 2.99. The van der Waals surface area contributed by atoms with E-state index in [9.17, 15) is 4.79 Å². The van der Waals surface area contributed by atoms with Gasteiger partial charge in [-0.1, -0.05) is 41.9 Å². The number of aliphatic imine (C=N–C) groups is 1. The van der Waals surface area contributed by atoms with Crippen LogP contribution in [-0.2, 0) is 4.79 Å². The summed E-state index contributed by atoms with van der Waals surface area (Å²) in [6, 6.07) is 20.2. The molecular weight excluding hydrogens is 336 g/mol. The van der Waals surface area contributed by atoms with Crippen molar-refractivity contribution in [2.45, 2.75) is 0 Å². The third-order valence-corrected chi connectivity index (χ3v) is 4.05. The van der Waals surface area contributed by atoms with E-state index in [-0.39, 0.29) is 5.91 Å². The number of anilines is 1. The number of nitrogens with zero attached hydrogens (tertiary/aromatic N) is 2. The van der Waals surface area contributed by atoms with Gasteiger partial charge in [0.1, 0.15) is 17.3 Å². The van der Waals surface area contributed by atoms with Crippen molar-refractivity contribution in [1.29, 1.82) is 0 Å². The van der Waals surface area contributed by atoms with E-state index in [1.54, 1.807) is 53.6 Å². The highest BCUT2D eigenvalue weighted by Crippen LogP contribution is 2.28.